The van der Waals surface area contributed by atoms with Crippen molar-refractivity contribution in [2.45, 2.75) is 24.0 Å². The van der Waals surface area contributed by atoms with Crippen LogP contribution in [0.1, 0.15) is 6.92 Å². The topological polar surface area (TPSA) is 81.7 Å². The number of carbonyl (C=O) groups is 1. The predicted octanol–water partition coefficient (Wildman–Crippen LogP) is 2.26. The van der Waals surface area contributed by atoms with E-state index >= 15 is 0 Å². The highest BCUT2D eigenvalue weighted by atomic mass is 32.2. The number of sulfone groups is 1. The Balaban J connectivity index is 1.78. The van der Waals surface area contributed by atoms with Crippen LogP contribution in [0.5, 0.6) is 11.5 Å². The summed E-state index contributed by atoms with van der Waals surface area (Å²) < 4.78 is 34.6. The summed E-state index contributed by atoms with van der Waals surface area (Å²) in [5, 5.41) is 2.68. The quantitative estimate of drug-likeness (QED) is 0.921. The van der Waals surface area contributed by atoms with E-state index in [-0.39, 0.29) is 4.90 Å². The van der Waals surface area contributed by atoms with E-state index in [2.05, 4.69) is 5.32 Å². The van der Waals surface area contributed by atoms with Gasteiger partial charge in [0.05, 0.1) is 4.90 Å². The number of fused-ring (bicyclic) bond motifs is 1. The van der Waals surface area contributed by atoms with Crippen molar-refractivity contribution in [1.82, 2.24) is 0 Å². The largest absolute Gasteiger partial charge is 0.482 e. The van der Waals surface area contributed by atoms with Gasteiger partial charge in [0.25, 0.3) is 5.91 Å². The minimum absolute atomic E-state index is 0.138. The Morgan fingerprint density at radius 3 is 2.38 bits per heavy atom. The summed E-state index contributed by atoms with van der Waals surface area (Å²) in [4.78, 5) is 12.6. The molecule has 0 saturated carbocycles. The third-order valence-corrected chi connectivity index (χ3v) is 4.74. The van der Waals surface area contributed by atoms with E-state index in [1.807, 2.05) is 6.07 Å². The van der Waals surface area contributed by atoms with Gasteiger partial charge in [0.15, 0.2) is 21.3 Å². The highest BCUT2D eigenvalue weighted by Gasteiger charge is 2.34. The van der Waals surface area contributed by atoms with Crippen molar-refractivity contribution < 1.29 is 22.7 Å². The second-order valence-corrected chi connectivity index (χ2v) is 7.61. The van der Waals surface area contributed by atoms with E-state index in [0.29, 0.717) is 17.2 Å². The number of nitrogens with one attached hydrogen (secondary N) is 1. The molecule has 0 bridgehead atoms. The Bertz CT molecular complexity index is 878. The third-order valence-electron chi connectivity index (χ3n) is 3.63. The van der Waals surface area contributed by atoms with Crippen LogP contribution in [0.4, 0.5) is 5.69 Å². The number of hydrogen-bond donors (Lipinski definition) is 1. The maximum atomic E-state index is 12.5. The Kier molecular flexibility index (Phi) is 4.19. The van der Waals surface area contributed by atoms with E-state index < -0.39 is 28.0 Å². The van der Waals surface area contributed by atoms with Crippen LogP contribution in [0, 0.1) is 0 Å². The van der Waals surface area contributed by atoms with Crippen molar-refractivity contribution >= 4 is 21.4 Å². The standard InChI is InChI=1S/C17H17NO5S/c1-11-16(23-15-9-4-3-8-14(15)22-11)17(19)18-12-6-5-7-13(10-12)24(2,20)21/h3-11,16H,1-2H3,(H,18,19)/t11-,16+/m1/s1. The zero-order valence-electron chi connectivity index (χ0n) is 13.2. The van der Waals surface area contributed by atoms with Gasteiger partial charge in [-0.25, -0.2) is 8.42 Å². The Labute approximate surface area is 140 Å². The molecule has 2 atom stereocenters. The molecule has 126 valence electrons. The number of para-hydroxylation sites is 2. The molecule has 0 aromatic heterocycles. The fourth-order valence-electron chi connectivity index (χ4n) is 2.42. The molecule has 0 radical (unpaired) electrons. The molecule has 0 spiro atoms. The van der Waals surface area contributed by atoms with Crippen molar-refractivity contribution in [2.24, 2.45) is 0 Å². The summed E-state index contributed by atoms with van der Waals surface area (Å²) >= 11 is 0. The SMILES string of the molecule is C[C@H]1Oc2ccccc2O[C@@H]1C(=O)Nc1cccc(S(C)(=O)=O)c1. The van der Waals surface area contributed by atoms with Crippen LogP contribution in [0.3, 0.4) is 0 Å². The van der Waals surface area contributed by atoms with Crippen LogP contribution >= 0.6 is 0 Å². The van der Waals surface area contributed by atoms with Gasteiger partial charge in [-0.3, -0.25) is 4.79 Å². The van der Waals surface area contributed by atoms with Gasteiger partial charge in [-0.1, -0.05) is 18.2 Å². The summed E-state index contributed by atoms with van der Waals surface area (Å²) in [5.74, 6) is 0.691. The molecule has 2 aromatic carbocycles. The van der Waals surface area contributed by atoms with E-state index in [1.165, 1.54) is 12.1 Å². The fraction of sp³-hybridized carbons (Fsp3) is 0.235. The molecule has 0 aliphatic carbocycles. The van der Waals surface area contributed by atoms with Crippen molar-refractivity contribution in [2.75, 3.05) is 11.6 Å². The lowest BCUT2D eigenvalue weighted by molar-refractivity contribution is -0.128. The lowest BCUT2D eigenvalue weighted by atomic mass is 10.1. The molecule has 0 fully saturated rings. The number of rotatable bonds is 3. The smallest absolute Gasteiger partial charge is 0.269 e. The summed E-state index contributed by atoms with van der Waals surface area (Å²) in [6.07, 6.45) is -0.190. The Morgan fingerprint density at radius 2 is 1.71 bits per heavy atom. The van der Waals surface area contributed by atoms with Crippen molar-refractivity contribution in [3.63, 3.8) is 0 Å². The lowest BCUT2D eigenvalue weighted by Gasteiger charge is -2.31. The van der Waals surface area contributed by atoms with Gasteiger partial charge in [-0.2, -0.15) is 0 Å². The van der Waals surface area contributed by atoms with Crippen LogP contribution in [0.2, 0.25) is 0 Å². The summed E-state index contributed by atoms with van der Waals surface area (Å²) in [6.45, 7) is 1.74. The molecule has 2 aromatic rings. The van der Waals surface area contributed by atoms with Crippen LogP contribution in [-0.2, 0) is 14.6 Å². The average Bonchev–Trinajstić information content (AvgIpc) is 2.53. The summed E-state index contributed by atoms with van der Waals surface area (Å²) in [6, 6.07) is 13.2. The minimum atomic E-state index is -3.34. The first-order valence-electron chi connectivity index (χ1n) is 7.38. The number of ether oxygens (including phenoxy) is 2. The van der Waals surface area contributed by atoms with Gasteiger partial charge in [0.1, 0.15) is 6.10 Å². The molecule has 1 aliphatic rings. The molecule has 6 nitrogen and oxygen atoms in total. The zero-order chi connectivity index (χ0) is 17.3. The van der Waals surface area contributed by atoms with Gasteiger partial charge in [-0.15, -0.1) is 0 Å². The van der Waals surface area contributed by atoms with Crippen molar-refractivity contribution in [3.8, 4) is 11.5 Å². The molecule has 3 rings (SSSR count). The number of carbonyl (C=O) groups excluding carboxylic acids is 1. The van der Waals surface area contributed by atoms with E-state index in [9.17, 15) is 13.2 Å². The monoisotopic (exact) mass is 347 g/mol. The van der Waals surface area contributed by atoms with Crippen LogP contribution in [0.15, 0.2) is 53.4 Å². The highest BCUT2D eigenvalue weighted by molar-refractivity contribution is 7.90. The van der Waals surface area contributed by atoms with Crippen molar-refractivity contribution in [1.29, 1.82) is 0 Å². The molecule has 1 N–H and O–H groups in total. The van der Waals surface area contributed by atoms with E-state index in [4.69, 9.17) is 9.47 Å². The van der Waals surface area contributed by atoms with Crippen LogP contribution < -0.4 is 14.8 Å². The first-order valence-corrected chi connectivity index (χ1v) is 9.27. The number of benzene rings is 2. The van der Waals surface area contributed by atoms with E-state index in [1.54, 1.807) is 37.3 Å². The molecule has 1 heterocycles. The van der Waals surface area contributed by atoms with Gasteiger partial charge in [0, 0.05) is 11.9 Å². The fourth-order valence-corrected chi connectivity index (χ4v) is 3.09. The first kappa shape index (κ1) is 16.3. The second-order valence-electron chi connectivity index (χ2n) is 5.60. The average molecular weight is 347 g/mol. The van der Waals surface area contributed by atoms with Crippen LogP contribution in [0.25, 0.3) is 0 Å². The molecule has 1 amide bonds. The molecule has 7 heteroatoms. The molecule has 24 heavy (non-hydrogen) atoms. The highest BCUT2D eigenvalue weighted by Crippen LogP contribution is 2.33. The zero-order valence-corrected chi connectivity index (χ0v) is 14.0. The first-order chi connectivity index (χ1) is 11.3. The summed E-state index contributed by atoms with van der Waals surface area (Å²) in [7, 11) is -3.34. The maximum absolute atomic E-state index is 12.5. The molecule has 0 saturated heterocycles. The second kappa shape index (κ2) is 6.16. The molecule has 1 aliphatic heterocycles. The van der Waals surface area contributed by atoms with Gasteiger partial charge in [-0.05, 0) is 37.3 Å². The number of hydrogen-bond acceptors (Lipinski definition) is 5. The lowest BCUT2D eigenvalue weighted by Crippen LogP contribution is -2.46. The van der Waals surface area contributed by atoms with Crippen LogP contribution in [-0.4, -0.2) is 32.8 Å². The minimum Gasteiger partial charge on any atom is -0.482 e. The molecular weight excluding hydrogens is 330 g/mol. The molecular formula is C17H17NO5S. The number of amides is 1. The number of anilines is 1. The van der Waals surface area contributed by atoms with Gasteiger partial charge < -0.3 is 14.8 Å². The summed E-state index contributed by atoms with van der Waals surface area (Å²) in [5.41, 5.74) is 0.387. The Hall–Kier alpha value is -2.54. The third kappa shape index (κ3) is 3.35. The van der Waals surface area contributed by atoms with Gasteiger partial charge in [0.2, 0.25) is 6.10 Å². The predicted molar refractivity (Wildman–Crippen MR) is 89.1 cm³/mol. The van der Waals surface area contributed by atoms with Gasteiger partial charge >= 0.3 is 0 Å². The normalized spacial score (nSPS) is 19.6. The Morgan fingerprint density at radius 1 is 1.04 bits per heavy atom. The maximum Gasteiger partial charge on any atom is 0.269 e. The van der Waals surface area contributed by atoms with E-state index in [0.717, 1.165) is 6.26 Å². The molecule has 0 unspecified atom stereocenters. The van der Waals surface area contributed by atoms with Crippen molar-refractivity contribution in [3.05, 3.63) is 48.5 Å².